The van der Waals surface area contributed by atoms with E-state index in [-0.39, 0.29) is 24.5 Å². The zero-order chi connectivity index (χ0) is 19.6. The molecule has 0 N–H and O–H groups in total. The Labute approximate surface area is 164 Å². The van der Waals surface area contributed by atoms with E-state index in [0.29, 0.717) is 18.1 Å². The summed E-state index contributed by atoms with van der Waals surface area (Å²) < 4.78 is 2.15. The minimum Gasteiger partial charge on any atom is -0.348 e. The fourth-order valence-corrected chi connectivity index (χ4v) is 3.77. The number of benzene rings is 1. The molecule has 2 aromatic rings. The van der Waals surface area contributed by atoms with Crippen molar-refractivity contribution in [1.82, 2.24) is 19.3 Å². The van der Waals surface area contributed by atoms with Crippen molar-refractivity contribution >= 4 is 23.5 Å². The Bertz CT molecular complexity index is 833. The van der Waals surface area contributed by atoms with Gasteiger partial charge in [-0.3, -0.25) is 4.79 Å². The lowest BCUT2D eigenvalue weighted by Gasteiger charge is -2.39. The van der Waals surface area contributed by atoms with Gasteiger partial charge in [-0.05, 0) is 30.7 Å². The Morgan fingerprint density at radius 3 is 2.56 bits per heavy atom. The van der Waals surface area contributed by atoms with Crippen LogP contribution < -0.4 is 0 Å². The number of nitrogens with zero attached hydrogens (tertiary/aromatic N) is 4. The smallest absolute Gasteiger partial charge is 0.319 e. The molecule has 3 amide bonds. The third-order valence-corrected chi connectivity index (χ3v) is 5.26. The van der Waals surface area contributed by atoms with Crippen LogP contribution in [0, 0.1) is 0 Å². The predicted molar refractivity (Wildman–Crippen MR) is 106 cm³/mol. The summed E-state index contributed by atoms with van der Waals surface area (Å²) in [6, 6.07) is 11.2. The van der Waals surface area contributed by atoms with Crippen molar-refractivity contribution in [2.75, 3.05) is 33.7 Å². The molecular weight excluding hydrogens is 364 g/mol. The van der Waals surface area contributed by atoms with Gasteiger partial charge in [0.2, 0.25) is 5.91 Å². The lowest BCUT2D eigenvalue weighted by Crippen LogP contribution is -2.49. The van der Waals surface area contributed by atoms with Gasteiger partial charge in [0, 0.05) is 50.6 Å². The van der Waals surface area contributed by atoms with Crippen LogP contribution in [-0.2, 0) is 11.3 Å². The number of urea groups is 1. The number of carbonyl (C=O) groups excluding carboxylic acids is 2. The predicted octanol–water partition coefficient (Wildman–Crippen LogP) is 3.08. The van der Waals surface area contributed by atoms with Gasteiger partial charge in [0.15, 0.2) is 0 Å². The molecule has 0 fully saturated rings. The topological polar surface area (TPSA) is 48.8 Å². The molecule has 0 spiro atoms. The van der Waals surface area contributed by atoms with Gasteiger partial charge in [0.1, 0.15) is 6.54 Å². The number of halogens is 1. The van der Waals surface area contributed by atoms with E-state index in [1.165, 1.54) is 4.90 Å². The second kappa shape index (κ2) is 8.05. The highest BCUT2D eigenvalue weighted by Gasteiger charge is 2.34. The van der Waals surface area contributed by atoms with Gasteiger partial charge in [-0.15, -0.1) is 0 Å². The molecule has 2 heterocycles. The second-order valence-electron chi connectivity index (χ2n) is 6.83. The Morgan fingerprint density at radius 2 is 1.89 bits per heavy atom. The number of amides is 3. The maximum absolute atomic E-state index is 13.2. The molecule has 1 aliphatic heterocycles. The molecular formula is C20H25ClN4O2. The first kappa shape index (κ1) is 19.3. The van der Waals surface area contributed by atoms with E-state index in [0.717, 1.165) is 17.8 Å². The van der Waals surface area contributed by atoms with Gasteiger partial charge in [0.25, 0.3) is 0 Å². The number of likely N-dealkylation sites (N-methyl/N-ethyl adjacent to an activating group) is 1. The molecule has 0 saturated carbocycles. The van der Waals surface area contributed by atoms with Gasteiger partial charge in [0.05, 0.1) is 6.04 Å². The van der Waals surface area contributed by atoms with E-state index >= 15 is 0 Å². The molecule has 7 heteroatoms. The number of aromatic nitrogens is 1. The van der Waals surface area contributed by atoms with Crippen LogP contribution >= 0.6 is 11.6 Å². The molecule has 1 atom stereocenters. The molecule has 1 aromatic heterocycles. The second-order valence-corrected chi connectivity index (χ2v) is 7.24. The molecule has 0 saturated heterocycles. The van der Waals surface area contributed by atoms with E-state index in [1.807, 2.05) is 54.4 Å². The van der Waals surface area contributed by atoms with Crippen LogP contribution in [0.3, 0.4) is 0 Å². The normalized spacial score (nSPS) is 16.0. The minimum atomic E-state index is -0.261. The summed E-state index contributed by atoms with van der Waals surface area (Å²) in [7, 11) is 3.38. The molecule has 3 rings (SSSR count). The van der Waals surface area contributed by atoms with Crippen molar-refractivity contribution in [3.63, 3.8) is 0 Å². The van der Waals surface area contributed by atoms with Crippen molar-refractivity contribution < 1.29 is 9.59 Å². The quantitative estimate of drug-likeness (QED) is 0.808. The molecule has 1 aromatic carbocycles. The minimum absolute atomic E-state index is 0.0508. The van der Waals surface area contributed by atoms with Crippen LogP contribution in [0.15, 0.2) is 42.6 Å². The van der Waals surface area contributed by atoms with E-state index in [9.17, 15) is 9.59 Å². The molecule has 27 heavy (non-hydrogen) atoms. The first-order valence-electron chi connectivity index (χ1n) is 9.09. The lowest BCUT2D eigenvalue weighted by atomic mass is 9.99. The standard InChI is InChI=1S/C20H25ClN4O2/c1-4-23(20(27)22(2)3)14-18(26)25-13-12-24-11-7-10-17(24)19(25)15-8-5-6-9-16(15)21/h5-11,19H,4,12-14H2,1-3H3. The first-order valence-corrected chi connectivity index (χ1v) is 9.47. The fraction of sp³-hybridized carbons (Fsp3) is 0.400. The highest BCUT2D eigenvalue weighted by molar-refractivity contribution is 6.31. The molecule has 0 bridgehead atoms. The molecule has 144 valence electrons. The van der Waals surface area contributed by atoms with Crippen LogP contribution in [-0.4, -0.2) is 64.9 Å². The number of carbonyl (C=O) groups is 2. The zero-order valence-corrected chi connectivity index (χ0v) is 16.7. The molecule has 1 aliphatic rings. The summed E-state index contributed by atoms with van der Waals surface area (Å²) in [4.78, 5) is 30.4. The van der Waals surface area contributed by atoms with Crippen molar-refractivity contribution in [3.05, 3.63) is 58.9 Å². The summed E-state index contributed by atoms with van der Waals surface area (Å²) >= 11 is 6.47. The van der Waals surface area contributed by atoms with Gasteiger partial charge in [-0.1, -0.05) is 29.8 Å². The fourth-order valence-electron chi connectivity index (χ4n) is 3.53. The summed E-state index contributed by atoms with van der Waals surface area (Å²) in [5.41, 5.74) is 1.93. The van der Waals surface area contributed by atoms with E-state index in [2.05, 4.69) is 4.57 Å². The first-order chi connectivity index (χ1) is 12.9. The summed E-state index contributed by atoms with van der Waals surface area (Å²) in [6.07, 6.45) is 2.02. The lowest BCUT2D eigenvalue weighted by molar-refractivity contribution is -0.134. The van der Waals surface area contributed by atoms with Gasteiger partial charge in [-0.2, -0.15) is 0 Å². The Kier molecular flexibility index (Phi) is 5.75. The SMILES string of the molecule is CCN(CC(=O)N1CCn2cccc2C1c1ccccc1Cl)C(=O)N(C)C. The maximum Gasteiger partial charge on any atom is 0.319 e. The molecule has 0 radical (unpaired) electrons. The average Bonchev–Trinajstić information content (AvgIpc) is 3.14. The van der Waals surface area contributed by atoms with E-state index in [4.69, 9.17) is 11.6 Å². The van der Waals surface area contributed by atoms with Gasteiger partial charge < -0.3 is 19.3 Å². The Balaban J connectivity index is 1.92. The maximum atomic E-state index is 13.2. The van der Waals surface area contributed by atoms with Crippen LogP contribution in [0.25, 0.3) is 0 Å². The number of fused-ring (bicyclic) bond motifs is 1. The molecule has 6 nitrogen and oxygen atoms in total. The summed E-state index contributed by atoms with van der Waals surface area (Å²) in [6.45, 7) is 3.70. The number of hydrogen-bond donors (Lipinski definition) is 0. The third kappa shape index (κ3) is 3.81. The van der Waals surface area contributed by atoms with Crippen molar-refractivity contribution in [2.24, 2.45) is 0 Å². The van der Waals surface area contributed by atoms with Crippen molar-refractivity contribution in [1.29, 1.82) is 0 Å². The third-order valence-electron chi connectivity index (χ3n) is 4.92. The van der Waals surface area contributed by atoms with Crippen LogP contribution in [0.1, 0.15) is 24.2 Å². The molecule has 0 aliphatic carbocycles. The highest BCUT2D eigenvalue weighted by Crippen LogP contribution is 2.36. The van der Waals surface area contributed by atoms with Crippen LogP contribution in [0.2, 0.25) is 5.02 Å². The van der Waals surface area contributed by atoms with Gasteiger partial charge in [-0.25, -0.2) is 4.79 Å². The Morgan fingerprint density at radius 1 is 1.15 bits per heavy atom. The van der Waals surface area contributed by atoms with E-state index < -0.39 is 0 Å². The van der Waals surface area contributed by atoms with Crippen molar-refractivity contribution in [3.8, 4) is 0 Å². The van der Waals surface area contributed by atoms with Crippen molar-refractivity contribution in [2.45, 2.75) is 19.5 Å². The number of hydrogen-bond acceptors (Lipinski definition) is 2. The van der Waals surface area contributed by atoms with Crippen LogP contribution in [0.5, 0.6) is 0 Å². The molecule has 1 unspecified atom stereocenters. The van der Waals surface area contributed by atoms with E-state index in [1.54, 1.807) is 19.0 Å². The summed E-state index contributed by atoms with van der Waals surface area (Å²) in [5.74, 6) is -0.0792. The zero-order valence-electron chi connectivity index (χ0n) is 15.9. The largest absolute Gasteiger partial charge is 0.348 e. The van der Waals surface area contributed by atoms with Crippen LogP contribution in [0.4, 0.5) is 4.79 Å². The van der Waals surface area contributed by atoms with Gasteiger partial charge >= 0.3 is 6.03 Å². The highest BCUT2D eigenvalue weighted by atomic mass is 35.5. The monoisotopic (exact) mass is 388 g/mol. The Hall–Kier alpha value is -2.47. The summed E-state index contributed by atoms with van der Waals surface area (Å²) in [5, 5.41) is 0.631. The number of rotatable bonds is 4. The average molecular weight is 389 g/mol.